The van der Waals surface area contributed by atoms with Crippen LogP contribution >= 0.6 is 11.6 Å². The number of hydrogen-bond acceptors (Lipinski definition) is 2. The molecule has 3 rings (SSSR count). The first-order chi connectivity index (χ1) is 9.46. The number of rotatable bonds is 2. The van der Waals surface area contributed by atoms with Gasteiger partial charge in [-0.25, -0.2) is 4.57 Å². The summed E-state index contributed by atoms with van der Waals surface area (Å²) in [6.45, 7) is 0.846. The minimum absolute atomic E-state index is 0.361. The Labute approximate surface area is 123 Å². The van der Waals surface area contributed by atoms with E-state index in [9.17, 15) is 8.42 Å². The molecule has 0 atom stereocenters. The summed E-state index contributed by atoms with van der Waals surface area (Å²) in [5.74, 6) is 0. The molecule has 0 spiro atoms. The van der Waals surface area contributed by atoms with Gasteiger partial charge in [0.25, 0.3) is 6.33 Å². The molecule has 0 unspecified atom stereocenters. The van der Waals surface area contributed by atoms with Crippen molar-refractivity contribution in [2.24, 2.45) is 7.05 Å². The molecule has 5 nitrogen and oxygen atoms in total. The number of nitrogens with zero attached hydrogens (tertiary/aromatic N) is 3. The lowest BCUT2D eigenvalue weighted by Crippen LogP contribution is -2.39. The third kappa shape index (κ3) is 2.34. The van der Waals surface area contributed by atoms with Crippen LogP contribution in [0.1, 0.15) is 11.1 Å². The van der Waals surface area contributed by atoms with Crippen LogP contribution in [0.3, 0.4) is 0 Å². The van der Waals surface area contributed by atoms with Gasteiger partial charge in [-0.05, 0) is 29.7 Å². The van der Waals surface area contributed by atoms with E-state index in [4.69, 9.17) is 11.6 Å². The van der Waals surface area contributed by atoms with Crippen molar-refractivity contribution in [2.75, 3.05) is 6.54 Å². The zero-order valence-electron chi connectivity index (χ0n) is 11.0. The molecule has 0 saturated heterocycles. The van der Waals surface area contributed by atoms with Gasteiger partial charge < -0.3 is 0 Å². The summed E-state index contributed by atoms with van der Waals surface area (Å²) in [5.41, 5.74) is 2.14. The second-order valence-electron chi connectivity index (χ2n) is 4.91. The summed E-state index contributed by atoms with van der Waals surface area (Å²) < 4.78 is 29.5. The van der Waals surface area contributed by atoms with Gasteiger partial charge in [0.1, 0.15) is 12.4 Å². The van der Waals surface area contributed by atoms with Gasteiger partial charge in [-0.2, -0.15) is 12.7 Å². The molecule has 1 aliphatic heterocycles. The summed E-state index contributed by atoms with van der Waals surface area (Å²) >= 11 is 5.98. The Morgan fingerprint density at radius 1 is 1.30 bits per heavy atom. The van der Waals surface area contributed by atoms with E-state index in [2.05, 4.69) is 0 Å². The number of fused-ring (bicyclic) bond motifs is 1. The maximum Gasteiger partial charge on any atom is 0.380 e. The molecule has 20 heavy (non-hydrogen) atoms. The first-order valence-corrected chi connectivity index (χ1v) is 8.05. The lowest BCUT2D eigenvalue weighted by Gasteiger charge is -2.26. The van der Waals surface area contributed by atoms with Crippen LogP contribution in [0.2, 0.25) is 5.02 Å². The Morgan fingerprint density at radius 2 is 2.10 bits per heavy atom. The molecule has 7 heteroatoms. The van der Waals surface area contributed by atoms with Crippen molar-refractivity contribution in [3.63, 3.8) is 0 Å². The number of aryl methyl sites for hydroxylation is 1. The van der Waals surface area contributed by atoms with E-state index in [0.717, 1.165) is 5.56 Å². The standard InChI is InChI=1S/C13H15ClN3O2S/c1-15-6-7-17(10-15)20(18,19)16-5-4-11-2-3-13(14)8-12(11)9-16/h2-3,6-8,10H,4-5,9H2,1H3/q+1. The molecule has 0 saturated carbocycles. The van der Waals surface area contributed by atoms with Gasteiger partial charge in [-0.15, -0.1) is 3.97 Å². The molecule has 1 aliphatic rings. The molecule has 106 valence electrons. The Kier molecular flexibility index (Phi) is 3.32. The van der Waals surface area contributed by atoms with Gasteiger partial charge in [0, 0.05) is 18.1 Å². The molecule has 0 N–H and O–H groups in total. The largest absolute Gasteiger partial charge is 0.380 e. The summed E-state index contributed by atoms with van der Waals surface area (Å²) in [6.07, 6.45) is 5.50. The smallest absolute Gasteiger partial charge is 0.238 e. The van der Waals surface area contributed by atoms with E-state index in [1.54, 1.807) is 30.3 Å². The number of imidazole rings is 1. The second-order valence-corrected chi connectivity index (χ2v) is 7.18. The Bertz CT molecular complexity index is 755. The average molecular weight is 313 g/mol. The van der Waals surface area contributed by atoms with Gasteiger partial charge in [0.05, 0.1) is 7.05 Å². The van der Waals surface area contributed by atoms with E-state index in [1.807, 2.05) is 18.2 Å². The first kappa shape index (κ1) is 13.6. The second kappa shape index (κ2) is 4.87. The first-order valence-electron chi connectivity index (χ1n) is 6.28. The van der Waals surface area contributed by atoms with E-state index in [1.165, 1.54) is 13.8 Å². The van der Waals surface area contributed by atoms with Gasteiger partial charge in [-0.3, -0.25) is 0 Å². The molecule has 0 amide bonds. The predicted molar refractivity (Wildman–Crippen MR) is 75.5 cm³/mol. The molecule has 0 bridgehead atoms. The lowest BCUT2D eigenvalue weighted by molar-refractivity contribution is -0.670. The highest BCUT2D eigenvalue weighted by molar-refractivity contribution is 7.87. The molecule has 0 fully saturated rings. The van der Waals surface area contributed by atoms with Crippen molar-refractivity contribution < 1.29 is 13.0 Å². The molecule has 1 aromatic heterocycles. The number of halogens is 1. The fraction of sp³-hybridized carbons (Fsp3) is 0.308. The van der Waals surface area contributed by atoms with E-state index in [-0.39, 0.29) is 0 Å². The number of benzene rings is 1. The quantitative estimate of drug-likeness (QED) is 0.780. The van der Waals surface area contributed by atoms with Crippen molar-refractivity contribution in [1.82, 2.24) is 8.28 Å². The molecule has 0 aliphatic carbocycles. The average Bonchev–Trinajstić information content (AvgIpc) is 2.85. The normalized spacial score (nSPS) is 16.1. The summed E-state index contributed by atoms with van der Waals surface area (Å²) in [5, 5.41) is 0.635. The monoisotopic (exact) mass is 312 g/mol. The van der Waals surface area contributed by atoms with Gasteiger partial charge in [0.15, 0.2) is 0 Å². The van der Waals surface area contributed by atoms with Gasteiger partial charge >= 0.3 is 10.2 Å². The predicted octanol–water partition coefficient (Wildman–Crippen LogP) is 1.12. The minimum atomic E-state index is -3.51. The fourth-order valence-electron chi connectivity index (χ4n) is 2.39. The van der Waals surface area contributed by atoms with Crippen molar-refractivity contribution in [3.8, 4) is 0 Å². The number of aromatic nitrogens is 2. The highest BCUT2D eigenvalue weighted by atomic mass is 35.5. The van der Waals surface area contributed by atoms with Crippen LogP contribution in [0.15, 0.2) is 36.9 Å². The van der Waals surface area contributed by atoms with Crippen molar-refractivity contribution >= 4 is 21.8 Å². The van der Waals surface area contributed by atoms with E-state index in [0.29, 0.717) is 24.5 Å². The van der Waals surface area contributed by atoms with Crippen molar-refractivity contribution in [1.29, 1.82) is 0 Å². The zero-order valence-corrected chi connectivity index (χ0v) is 12.6. The summed E-state index contributed by atoms with van der Waals surface area (Å²) in [4.78, 5) is 0. The van der Waals surface area contributed by atoms with Crippen molar-refractivity contribution in [2.45, 2.75) is 13.0 Å². The topological polar surface area (TPSA) is 46.2 Å². The molecular formula is C13H15ClN3O2S+. The zero-order chi connectivity index (χ0) is 14.3. The Hall–Kier alpha value is -1.37. The van der Waals surface area contributed by atoms with Crippen LogP contribution in [0, 0.1) is 0 Å². The molecular weight excluding hydrogens is 298 g/mol. The summed E-state index contributed by atoms with van der Waals surface area (Å²) in [7, 11) is -1.72. The maximum atomic E-state index is 12.5. The van der Waals surface area contributed by atoms with E-state index >= 15 is 0 Å². The lowest BCUT2D eigenvalue weighted by atomic mass is 10.0. The van der Waals surface area contributed by atoms with Crippen LogP contribution in [0.4, 0.5) is 0 Å². The van der Waals surface area contributed by atoms with Gasteiger partial charge in [0.2, 0.25) is 0 Å². The molecule has 0 radical (unpaired) electrons. The van der Waals surface area contributed by atoms with Crippen LogP contribution < -0.4 is 4.57 Å². The van der Waals surface area contributed by atoms with Gasteiger partial charge in [-0.1, -0.05) is 17.7 Å². The highest BCUT2D eigenvalue weighted by Crippen LogP contribution is 2.24. The third-order valence-corrected chi connectivity index (χ3v) is 5.43. The van der Waals surface area contributed by atoms with Crippen LogP contribution in [0.5, 0.6) is 0 Å². The molecule has 2 aromatic rings. The van der Waals surface area contributed by atoms with Crippen LogP contribution in [0.25, 0.3) is 0 Å². The van der Waals surface area contributed by atoms with Crippen molar-refractivity contribution in [3.05, 3.63) is 53.1 Å². The van der Waals surface area contributed by atoms with E-state index < -0.39 is 10.2 Å². The molecule has 2 heterocycles. The minimum Gasteiger partial charge on any atom is -0.238 e. The Balaban J connectivity index is 1.93. The SMILES string of the molecule is C[n+]1ccn(S(=O)(=O)N2CCc3ccc(Cl)cc3C2)c1. The highest BCUT2D eigenvalue weighted by Gasteiger charge is 2.31. The van der Waals surface area contributed by atoms with Crippen LogP contribution in [-0.2, 0) is 30.2 Å². The number of hydrogen-bond donors (Lipinski definition) is 0. The fourth-order valence-corrected chi connectivity index (χ4v) is 3.96. The summed E-state index contributed by atoms with van der Waals surface area (Å²) in [6, 6.07) is 5.65. The maximum absolute atomic E-state index is 12.5. The van der Waals surface area contributed by atoms with Crippen LogP contribution in [-0.4, -0.2) is 23.2 Å². The molecule has 1 aromatic carbocycles. The third-order valence-electron chi connectivity index (χ3n) is 3.48. The Morgan fingerprint density at radius 3 is 2.80 bits per heavy atom.